The Morgan fingerprint density at radius 3 is 2.47 bits per heavy atom. The summed E-state index contributed by atoms with van der Waals surface area (Å²) in [5.41, 5.74) is 2.25. The van der Waals surface area contributed by atoms with Crippen molar-refractivity contribution in [1.29, 1.82) is 0 Å². The molecule has 1 saturated carbocycles. The summed E-state index contributed by atoms with van der Waals surface area (Å²) in [4.78, 5) is 26.2. The van der Waals surface area contributed by atoms with Crippen LogP contribution in [0.5, 0.6) is 0 Å². The number of aliphatic hydroxyl groups excluding tert-OH is 1. The Balaban J connectivity index is 1.44. The molecule has 2 fully saturated rings. The third-order valence-corrected chi connectivity index (χ3v) is 6.12. The van der Waals surface area contributed by atoms with Gasteiger partial charge in [-0.05, 0) is 49.3 Å². The van der Waals surface area contributed by atoms with Gasteiger partial charge in [-0.2, -0.15) is 0 Å². The number of ether oxygens (including phenoxy) is 1. The van der Waals surface area contributed by atoms with Crippen LogP contribution < -0.4 is 5.32 Å². The zero-order chi connectivity index (χ0) is 21.3. The first-order chi connectivity index (χ1) is 14.4. The summed E-state index contributed by atoms with van der Waals surface area (Å²) in [5, 5.41) is 13.4. The van der Waals surface area contributed by atoms with Gasteiger partial charge in [-0.25, -0.2) is 4.79 Å². The smallest absolute Gasteiger partial charge is 0.325 e. The normalized spacial score (nSPS) is 23.4. The molecule has 158 valence electrons. The lowest BCUT2D eigenvalue weighted by molar-refractivity contribution is -0.132. The summed E-state index contributed by atoms with van der Waals surface area (Å²) < 4.78 is 6.13. The van der Waals surface area contributed by atoms with Crippen LogP contribution in [-0.2, 0) is 9.53 Å². The second-order valence-electron chi connectivity index (χ2n) is 8.46. The molecule has 30 heavy (non-hydrogen) atoms. The number of benzene rings is 2. The predicted octanol–water partition coefficient (Wildman–Crippen LogP) is 3.18. The molecular weight excluding hydrogens is 380 g/mol. The van der Waals surface area contributed by atoms with Gasteiger partial charge in [-0.1, -0.05) is 54.6 Å². The molecule has 0 aromatic heterocycles. The van der Waals surface area contributed by atoms with Crippen LogP contribution in [0.1, 0.15) is 42.6 Å². The van der Waals surface area contributed by atoms with Crippen LogP contribution in [-0.4, -0.2) is 46.7 Å². The van der Waals surface area contributed by atoms with Crippen molar-refractivity contribution in [1.82, 2.24) is 10.2 Å². The van der Waals surface area contributed by atoms with Gasteiger partial charge in [-0.15, -0.1) is 0 Å². The SMILES string of the molecule is Cc1ccccc1C(OCC(O)CN1C(=O)NC(C)(C2CC2)C1=O)c1ccccc1. The zero-order valence-electron chi connectivity index (χ0n) is 17.4. The monoisotopic (exact) mass is 408 g/mol. The average Bonchev–Trinajstić information content (AvgIpc) is 3.56. The van der Waals surface area contributed by atoms with E-state index in [0.717, 1.165) is 34.4 Å². The number of carbonyl (C=O) groups excluding carboxylic acids is 2. The Morgan fingerprint density at radius 2 is 1.80 bits per heavy atom. The van der Waals surface area contributed by atoms with Crippen LogP contribution in [0.4, 0.5) is 4.79 Å². The largest absolute Gasteiger partial charge is 0.389 e. The highest BCUT2D eigenvalue weighted by Gasteiger charge is 2.56. The number of hydrogen-bond acceptors (Lipinski definition) is 4. The topological polar surface area (TPSA) is 78.9 Å². The van der Waals surface area contributed by atoms with Crippen molar-refractivity contribution in [2.45, 2.75) is 44.4 Å². The molecule has 2 aromatic rings. The molecule has 6 heteroatoms. The number of β-amino-alcohol motifs (C(OH)–C–C–N with tert-alkyl or cyclic N) is 1. The van der Waals surface area contributed by atoms with Gasteiger partial charge in [0.25, 0.3) is 5.91 Å². The van der Waals surface area contributed by atoms with Gasteiger partial charge in [0.1, 0.15) is 11.6 Å². The van der Waals surface area contributed by atoms with Crippen LogP contribution in [0.25, 0.3) is 0 Å². The quantitative estimate of drug-likeness (QED) is 0.658. The molecule has 1 aliphatic heterocycles. The van der Waals surface area contributed by atoms with E-state index in [2.05, 4.69) is 5.32 Å². The highest BCUT2D eigenvalue weighted by Crippen LogP contribution is 2.42. The van der Waals surface area contributed by atoms with Gasteiger partial charge in [-0.3, -0.25) is 9.69 Å². The third kappa shape index (κ3) is 3.98. The minimum Gasteiger partial charge on any atom is -0.389 e. The minimum absolute atomic E-state index is 0.00506. The van der Waals surface area contributed by atoms with Crippen LogP contribution in [0, 0.1) is 12.8 Å². The number of nitrogens with one attached hydrogen (secondary N) is 1. The van der Waals surface area contributed by atoms with Crippen molar-refractivity contribution in [3.63, 3.8) is 0 Å². The minimum atomic E-state index is -0.975. The molecule has 1 heterocycles. The van der Waals surface area contributed by atoms with E-state index in [9.17, 15) is 14.7 Å². The van der Waals surface area contributed by atoms with E-state index in [4.69, 9.17) is 4.74 Å². The Bertz CT molecular complexity index is 928. The van der Waals surface area contributed by atoms with Crippen molar-refractivity contribution in [3.05, 3.63) is 71.3 Å². The molecule has 2 aromatic carbocycles. The van der Waals surface area contributed by atoms with Gasteiger partial charge in [0.05, 0.1) is 19.3 Å². The van der Waals surface area contributed by atoms with Crippen LogP contribution in [0.15, 0.2) is 54.6 Å². The first-order valence-corrected chi connectivity index (χ1v) is 10.4. The summed E-state index contributed by atoms with van der Waals surface area (Å²) in [7, 11) is 0. The number of hydrogen-bond donors (Lipinski definition) is 2. The summed E-state index contributed by atoms with van der Waals surface area (Å²) >= 11 is 0. The standard InChI is InChI=1S/C24H28N2O4/c1-16-8-6-7-11-20(16)21(17-9-4-3-5-10-17)30-15-19(27)14-26-22(28)24(2,18-12-13-18)25-23(26)29/h3-11,18-19,21,27H,12-15H2,1-2H3,(H,25,29). The number of nitrogens with zero attached hydrogens (tertiary/aromatic N) is 1. The fourth-order valence-corrected chi connectivity index (χ4v) is 4.16. The molecule has 2 aliphatic rings. The first-order valence-electron chi connectivity index (χ1n) is 10.4. The van der Waals surface area contributed by atoms with Gasteiger partial charge >= 0.3 is 6.03 Å². The molecule has 0 radical (unpaired) electrons. The molecule has 1 saturated heterocycles. The van der Waals surface area contributed by atoms with E-state index in [1.54, 1.807) is 6.92 Å². The molecular formula is C24H28N2O4. The number of imide groups is 1. The van der Waals surface area contributed by atoms with E-state index in [1.807, 2.05) is 61.5 Å². The van der Waals surface area contributed by atoms with Gasteiger partial charge < -0.3 is 15.2 Å². The Hall–Kier alpha value is -2.70. The van der Waals surface area contributed by atoms with Crippen molar-refractivity contribution in [2.24, 2.45) is 5.92 Å². The number of urea groups is 1. The van der Waals surface area contributed by atoms with E-state index >= 15 is 0 Å². The second-order valence-corrected chi connectivity index (χ2v) is 8.46. The summed E-state index contributed by atoms with van der Waals surface area (Å²) in [5.74, 6) is -0.0663. The van der Waals surface area contributed by atoms with Crippen molar-refractivity contribution >= 4 is 11.9 Å². The zero-order valence-corrected chi connectivity index (χ0v) is 17.4. The number of carbonyl (C=O) groups is 2. The molecule has 0 bridgehead atoms. The predicted molar refractivity (Wildman–Crippen MR) is 113 cm³/mol. The molecule has 4 rings (SSSR count). The molecule has 0 spiro atoms. The maximum atomic E-state index is 12.8. The van der Waals surface area contributed by atoms with E-state index in [1.165, 1.54) is 0 Å². The third-order valence-electron chi connectivity index (χ3n) is 6.12. The highest BCUT2D eigenvalue weighted by atomic mass is 16.5. The average molecular weight is 408 g/mol. The molecule has 3 unspecified atom stereocenters. The maximum absolute atomic E-state index is 12.8. The lowest BCUT2D eigenvalue weighted by Crippen LogP contribution is -2.46. The molecule has 3 atom stereocenters. The van der Waals surface area contributed by atoms with Crippen LogP contribution in [0.3, 0.4) is 0 Å². The number of aryl methyl sites for hydroxylation is 1. The Kier molecular flexibility index (Phi) is 5.62. The van der Waals surface area contributed by atoms with Gasteiger partial charge in [0.2, 0.25) is 0 Å². The number of amides is 3. The summed E-state index contributed by atoms with van der Waals surface area (Å²) in [6.07, 6.45) is 0.562. The van der Waals surface area contributed by atoms with E-state index < -0.39 is 17.7 Å². The Labute approximate surface area is 176 Å². The first kappa shape index (κ1) is 20.6. The van der Waals surface area contributed by atoms with Crippen LogP contribution in [0.2, 0.25) is 0 Å². The van der Waals surface area contributed by atoms with Crippen molar-refractivity contribution < 1.29 is 19.4 Å². The fourth-order valence-electron chi connectivity index (χ4n) is 4.16. The summed E-state index contributed by atoms with van der Waals surface area (Å²) in [6.45, 7) is 3.72. The molecule has 1 aliphatic carbocycles. The highest BCUT2D eigenvalue weighted by molar-refractivity contribution is 6.07. The molecule has 2 N–H and O–H groups in total. The van der Waals surface area contributed by atoms with Crippen LogP contribution >= 0.6 is 0 Å². The lowest BCUT2D eigenvalue weighted by atomic mass is 9.96. The summed E-state index contributed by atoms with van der Waals surface area (Å²) in [6, 6.07) is 17.4. The van der Waals surface area contributed by atoms with Crippen molar-refractivity contribution in [3.8, 4) is 0 Å². The van der Waals surface area contributed by atoms with E-state index in [0.29, 0.717) is 0 Å². The number of rotatable bonds is 8. The fraction of sp³-hybridized carbons (Fsp3) is 0.417. The Morgan fingerprint density at radius 1 is 1.13 bits per heavy atom. The lowest BCUT2D eigenvalue weighted by Gasteiger charge is -2.24. The second kappa shape index (κ2) is 8.20. The van der Waals surface area contributed by atoms with Gasteiger partial charge in [0.15, 0.2) is 0 Å². The van der Waals surface area contributed by atoms with E-state index in [-0.39, 0.29) is 31.1 Å². The molecule has 6 nitrogen and oxygen atoms in total. The molecule has 3 amide bonds. The maximum Gasteiger partial charge on any atom is 0.325 e. The van der Waals surface area contributed by atoms with Gasteiger partial charge in [0, 0.05) is 0 Å². The number of aliphatic hydroxyl groups is 1. The van der Waals surface area contributed by atoms with Crippen molar-refractivity contribution in [2.75, 3.05) is 13.2 Å².